The van der Waals surface area contributed by atoms with Crippen molar-refractivity contribution < 1.29 is 4.79 Å². The van der Waals surface area contributed by atoms with Crippen LogP contribution in [0.3, 0.4) is 0 Å². The van der Waals surface area contributed by atoms with Crippen LogP contribution in [-0.2, 0) is 11.3 Å². The van der Waals surface area contributed by atoms with E-state index in [0.717, 1.165) is 48.5 Å². The van der Waals surface area contributed by atoms with Gasteiger partial charge in [0.2, 0.25) is 11.9 Å². The second-order valence-corrected chi connectivity index (χ2v) is 7.05. The number of rotatable bonds is 4. The Morgan fingerprint density at radius 1 is 1.19 bits per heavy atom. The molecule has 1 aromatic heterocycles. The summed E-state index contributed by atoms with van der Waals surface area (Å²) in [5.41, 5.74) is 4.41. The molecule has 1 saturated heterocycles. The van der Waals surface area contributed by atoms with Crippen LogP contribution in [-0.4, -0.2) is 29.0 Å². The molecule has 5 nitrogen and oxygen atoms in total. The SMILES string of the molecule is Cc1cccc(CNC(=O)C2CCN(c3nc4ccccc4[nH]3)CC2)c1. The Labute approximate surface area is 153 Å². The van der Waals surface area contributed by atoms with Gasteiger partial charge in [-0.1, -0.05) is 42.0 Å². The fourth-order valence-corrected chi connectivity index (χ4v) is 3.60. The van der Waals surface area contributed by atoms with Gasteiger partial charge >= 0.3 is 0 Å². The fourth-order valence-electron chi connectivity index (χ4n) is 3.60. The van der Waals surface area contributed by atoms with E-state index < -0.39 is 0 Å². The Balaban J connectivity index is 1.32. The van der Waals surface area contributed by atoms with E-state index in [1.165, 1.54) is 5.56 Å². The van der Waals surface area contributed by atoms with Crippen molar-refractivity contribution in [2.75, 3.05) is 18.0 Å². The summed E-state index contributed by atoms with van der Waals surface area (Å²) in [5.74, 6) is 1.15. The van der Waals surface area contributed by atoms with Gasteiger partial charge in [0.1, 0.15) is 0 Å². The van der Waals surface area contributed by atoms with Gasteiger partial charge in [-0.15, -0.1) is 0 Å². The van der Waals surface area contributed by atoms with Gasteiger partial charge in [0.25, 0.3) is 0 Å². The molecule has 0 saturated carbocycles. The molecule has 26 heavy (non-hydrogen) atoms. The van der Waals surface area contributed by atoms with Gasteiger partial charge in [0.15, 0.2) is 0 Å². The zero-order valence-corrected chi connectivity index (χ0v) is 15.0. The van der Waals surface area contributed by atoms with Gasteiger partial charge in [-0.25, -0.2) is 4.98 Å². The molecule has 134 valence electrons. The Bertz CT molecular complexity index is 876. The highest BCUT2D eigenvalue weighted by Gasteiger charge is 2.26. The number of para-hydroxylation sites is 2. The first kappa shape index (κ1) is 16.6. The number of aryl methyl sites for hydroxylation is 1. The Morgan fingerprint density at radius 2 is 2.00 bits per heavy atom. The second kappa shape index (κ2) is 7.20. The van der Waals surface area contributed by atoms with E-state index in [4.69, 9.17) is 0 Å². The predicted molar refractivity (Wildman–Crippen MR) is 104 cm³/mol. The number of carbonyl (C=O) groups is 1. The van der Waals surface area contributed by atoms with Crippen LogP contribution in [0.2, 0.25) is 0 Å². The molecule has 3 aromatic rings. The first-order valence-electron chi connectivity index (χ1n) is 9.22. The van der Waals surface area contributed by atoms with Crippen molar-refractivity contribution in [3.63, 3.8) is 0 Å². The van der Waals surface area contributed by atoms with E-state index in [2.05, 4.69) is 45.3 Å². The van der Waals surface area contributed by atoms with E-state index in [0.29, 0.717) is 6.54 Å². The standard InChI is InChI=1S/C21H24N4O/c1-15-5-4-6-16(13-15)14-22-20(26)17-9-11-25(12-10-17)21-23-18-7-2-3-8-19(18)24-21/h2-8,13,17H,9-12,14H2,1H3,(H,22,26)(H,23,24). The third-order valence-electron chi connectivity index (χ3n) is 5.09. The van der Waals surface area contributed by atoms with Gasteiger partial charge in [-0.2, -0.15) is 0 Å². The van der Waals surface area contributed by atoms with Crippen LogP contribution in [0, 0.1) is 12.8 Å². The summed E-state index contributed by atoms with van der Waals surface area (Å²) in [7, 11) is 0. The van der Waals surface area contributed by atoms with Crippen molar-refractivity contribution in [2.24, 2.45) is 5.92 Å². The minimum absolute atomic E-state index is 0.0837. The molecule has 0 radical (unpaired) electrons. The minimum Gasteiger partial charge on any atom is -0.352 e. The number of benzene rings is 2. The minimum atomic E-state index is 0.0837. The average molecular weight is 348 g/mol. The number of nitrogens with one attached hydrogen (secondary N) is 2. The number of hydrogen-bond donors (Lipinski definition) is 2. The molecule has 1 aliphatic rings. The van der Waals surface area contributed by atoms with Crippen molar-refractivity contribution in [1.82, 2.24) is 15.3 Å². The summed E-state index contributed by atoms with van der Waals surface area (Å²) in [6.45, 7) is 4.37. The highest BCUT2D eigenvalue weighted by molar-refractivity contribution is 5.79. The van der Waals surface area contributed by atoms with Crippen molar-refractivity contribution in [2.45, 2.75) is 26.3 Å². The van der Waals surface area contributed by atoms with E-state index in [1.54, 1.807) is 0 Å². The van der Waals surface area contributed by atoms with Crippen molar-refractivity contribution >= 4 is 22.9 Å². The number of nitrogens with zero attached hydrogens (tertiary/aromatic N) is 2. The lowest BCUT2D eigenvalue weighted by atomic mass is 9.96. The number of fused-ring (bicyclic) bond motifs is 1. The molecule has 2 N–H and O–H groups in total. The molecule has 5 heteroatoms. The predicted octanol–water partition coefficient (Wildman–Crippen LogP) is 3.40. The van der Waals surface area contributed by atoms with Gasteiger partial charge in [0, 0.05) is 25.6 Å². The lowest BCUT2D eigenvalue weighted by Gasteiger charge is -2.31. The summed E-state index contributed by atoms with van der Waals surface area (Å²) in [6, 6.07) is 16.3. The maximum absolute atomic E-state index is 12.5. The topological polar surface area (TPSA) is 61.0 Å². The molecule has 1 aliphatic heterocycles. The summed E-state index contributed by atoms with van der Waals surface area (Å²) in [6.07, 6.45) is 1.72. The number of amides is 1. The third kappa shape index (κ3) is 3.57. The van der Waals surface area contributed by atoms with Gasteiger partial charge in [-0.3, -0.25) is 4.79 Å². The van der Waals surface area contributed by atoms with E-state index >= 15 is 0 Å². The van der Waals surface area contributed by atoms with Crippen molar-refractivity contribution in [1.29, 1.82) is 0 Å². The summed E-state index contributed by atoms with van der Waals surface area (Å²) in [5, 5.41) is 3.09. The quantitative estimate of drug-likeness (QED) is 0.760. The number of hydrogen-bond acceptors (Lipinski definition) is 3. The van der Waals surface area contributed by atoms with Crippen molar-refractivity contribution in [3.05, 3.63) is 59.7 Å². The van der Waals surface area contributed by atoms with Crippen LogP contribution in [0.15, 0.2) is 48.5 Å². The average Bonchev–Trinajstić information content (AvgIpc) is 3.10. The smallest absolute Gasteiger partial charge is 0.223 e. The zero-order valence-electron chi connectivity index (χ0n) is 15.0. The van der Waals surface area contributed by atoms with E-state index in [-0.39, 0.29) is 11.8 Å². The molecule has 1 amide bonds. The largest absolute Gasteiger partial charge is 0.352 e. The van der Waals surface area contributed by atoms with E-state index in [9.17, 15) is 4.79 Å². The van der Waals surface area contributed by atoms with Crippen LogP contribution in [0.1, 0.15) is 24.0 Å². The van der Waals surface area contributed by atoms with Gasteiger partial charge < -0.3 is 15.2 Å². The maximum Gasteiger partial charge on any atom is 0.223 e. The molecular weight excluding hydrogens is 324 g/mol. The zero-order chi connectivity index (χ0) is 17.9. The first-order valence-corrected chi connectivity index (χ1v) is 9.22. The Kier molecular flexibility index (Phi) is 4.61. The third-order valence-corrected chi connectivity index (χ3v) is 5.09. The molecule has 0 atom stereocenters. The lowest BCUT2D eigenvalue weighted by Crippen LogP contribution is -2.40. The lowest BCUT2D eigenvalue weighted by molar-refractivity contribution is -0.125. The molecular formula is C21H24N4O. The second-order valence-electron chi connectivity index (χ2n) is 7.05. The number of aromatic amines is 1. The molecule has 2 heterocycles. The van der Waals surface area contributed by atoms with Crippen LogP contribution in [0.25, 0.3) is 11.0 Å². The Hall–Kier alpha value is -2.82. The molecule has 0 bridgehead atoms. The monoisotopic (exact) mass is 348 g/mol. The van der Waals surface area contributed by atoms with Crippen LogP contribution in [0.5, 0.6) is 0 Å². The summed E-state index contributed by atoms with van der Waals surface area (Å²) < 4.78 is 0. The number of piperidine rings is 1. The van der Waals surface area contributed by atoms with Gasteiger partial charge in [-0.05, 0) is 37.5 Å². The number of carbonyl (C=O) groups excluding carboxylic acids is 1. The molecule has 4 rings (SSSR count). The highest BCUT2D eigenvalue weighted by Crippen LogP contribution is 2.23. The number of anilines is 1. The number of imidazole rings is 1. The molecule has 1 fully saturated rings. The van der Waals surface area contributed by atoms with E-state index in [1.807, 2.05) is 30.3 Å². The van der Waals surface area contributed by atoms with Crippen molar-refractivity contribution in [3.8, 4) is 0 Å². The fraction of sp³-hybridized carbons (Fsp3) is 0.333. The van der Waals surface area contributed by atoms with Crippen LogP contribution >= 0.6 is 0 Å². The highest BCUT2D eigenvalue weighted by atomic mass is 16.1. The first-order chi connectivity index (χ1) is 12.7. The molecule has 0 spiro atoms. The molecule has 0 aliphatic carbocycles. The Morgan fingerprint density at radius 3 is 2.77 bits per heavy atom. The summed E-state index contributed by atoms with van der Waals surface area (Å²) >= 11 is 0. The van der Waals surface area contributed by atoms with Crippen LogP contribution in [0.4, 0.5) is 5.95 Å². The van der Waals surface area contributed by atoms with Gasteiger partial charge in [0.05, 0.1) is 11.0 Å². The van der Waals surface area contributed by atoms with Crippen LogP contribution < -0.4 is 10.2 Å². The molecule has 0 unspecified atom stereocenters. The summed E-state index contributed by atoms with van der Waals surface area (Å²) in [4.78, 5) is 22.8. The number of aromatic nitrogens is 2. The normalized spacial score (nSPS) is 15.3. The maximum atomic E-state index is 12.5. The number of H-pyrrole nitrogens is 1. The molecule has 2 aromatic carbocycles.